The maximum Gasteiger partial charge on any atom is 0.220 e. The number of aliphatic hydroxyl groups excluding tert-OH is 8. The lowest BCUT2D eigenvalue weighted by Gasteiger charge is -2.46. The Morgan fingerprint density at radius 3 is 1.47 bits per heavy atom. The maximum absolute atomic E-state index is 13.2. The van der Waals surface area contributed by atoms with Crippen LogP contribution in [0.4, 0.5) is 0 Å². The van der Waals surface area contributed by atoms with Crippen LogP contribution in [0.1, 0.15) is 206 Å². The van der Waals surface area contributed by atoms with Crippen LogP contribution >= 0.6 is 0 Å². The zero-order valence-corrected chi connectivity index (χ0v) is 44.7. The SMILES string of the molecule is CC/C=C\C/C=C\C/C=C\C/C=C\CCCCCCCCC(=O)NC(COC1OC(CO)C(OC2OC(CO)C(O)C(O)C2O)C(O)C1O)C(O)/C=C/CCCCCCCCCCCCCCCCCCC. The first kappa shape index (κ1) is 65.8. The highest BCUT2D eigenvalue weighted by molar-refractivity contribution is 5.76. The number of amides is 1. The van der Waals surface area contributed by atoms with Crippen LogP contribution in [-0.4, -0.2) is 140 Å². The van der Waals surface area contributed by atoms with Gasteiger partial charge in [-0.15, -0.1) is 0 Å². The monoisotopic (exact) mass is 1020 g/mol. The normalized spacial score (nSPS) is 26.0. The molecule has 1 amide bonds. The summed E-state index contributed by atoms with van der Waals surface area (Å²) in [6, 6.07) is -0.925. The third-order valence-electron chi connectivity index (χ3n) is 13.7. The van der Waals surface area contributed by atoms with Crippen LogP contribution in [0.3, 0.4) is 0 Å². The number of allylic oxidation sites excluding steroid dienone is 9. The van der Waals surface area contributed by atoms with E-state index in [4.69, 9.17) is 18.9 Å². The quantitative estimate of drug-likeness (QED) is 0.0205. The Morgan fingerprint density at radius 1 is 0.514 bits per heavy atom. The van der Waals surface area contributed by atoms with Crippen LogP contribution in [0, 0.1) is 0 Å². The summed E-state index contributed by atoms with van der Waals surface area (Å²) in [5.74, 6) is -0.255. The van der Waals surface area contributed by atoms with E-state index in [0.717, 1.165) is 83.5 Å². The van der Waals surface area contributed by atoms with Gasteiger partial charge in [-0.2, -0.15) is 0 Å². The Hall–Kier alpha value is -2.31. The summed E-state index contributed by atoms with van der Waals surface area (Å²) in [7, 11) is 0. The molecule has 418 valence electrons. The molecule has 2 fully saturated rings. The van der Waals surface area contributed by atoms with Crippen LogP contribution in [0.5, 0.6) is 0 Å². The van der Waals surface area contributed by atoms with Crippen molar-refractivity contribution in [3.05, 3.63) is 60.8 Å². The highest BCUT2D eigenvalue weighted by Crippen LogP contribution is 2.30. The summed E-state index contributed by atoms with van der Waals surface area (Å²) in [6.07, 6.45) is 38.2. The van der Waals surface area contributed by atoms with Gasteiger partial charge < -0.3 is 65.1 Å². The number of nitrogens with one attached hydrogen (secondary N) is 1. The summed E-state index contributed by atoms with van der Waals surface area (Å²) in [6.45, 7) is 2.67. The number of carbonyl (C=O) groups is 1. The molecule has 2 aliphatic rings. The second-order valence-corrected chi connectivity index (χ2v) is 20.0. The molecule has 72 heavy (non-hydrogen) atoms. The zero-order chi connectivity index (χ0) is 52.4. The molecule has 2 aliphatic heterocycles. The highest BCUT2D eigenvalue weighted by Gasteiger charge is 2.51. The Labute approximate surface area is 435 Å². The molecular weight excluding hydrogens is 919 g/mol. The average Bonchev–Trinajstić information content (AvgIpc) is 3.38. The second kappa shape index (κ2) is 43.9. The van der Waals surface area contributed by atoms with Crippen molar-refractivity contribution in [3.63, 3.8) is 0 Å². The molecule has 0 aromatic rings. The topological polar surface area (TPSA) is 228 Å². The molecule has 0 bridgehead atoms. The van der Waals surface area contributed by atoms with E-state index < -0.39 is 86.8 Å². The Bertz CT molecular complexity index is 1440. The molecule has 14 nitrogen and oxygen atoms in total. The summed E-state index contributed by atoms with van der Waals surface area (Å²) >= 11 is 0. The average molecular weight is 1020 g/mol. The van der Waals surface area contributed by atoms with Crippen molar-refractivity contribution in [2.45, 2.75) is 280 Å². The van der Waals surface area contributed by atoms with E-state index >= 15 is 0 Å². The van der Waals surface area contributed by atoms with Gasteiger partial charge in [-0.1, -0.05) is 203 Å². The molecule has 0 radical (unpaired) electrons. The fourth-order valence-electron chi connectivity index (χ4n) is 9.11. The van der Waals surface area contributed by atoms with Crippen molar-refractivity contribution in [2.24, 2.45) is 0 Å². The lowest BCUT2D eigenvalue weighted by molar-refractivity contribution is -0.359. The van der Waals surface area contributed by atoms with E-state index in [1.54, 1.807) is 6.08 Å². The van der Waals surface area contributed by atoms with Gasteiger partial charge in [-0.3, -0.25) is 4.79 Å². The number of carbonyl (C=O) groups excluding carboxylic acids is 1. The molecule has 2 saturated heterocycles. The number of rotatable bonds is 44. The molecule has 12 atom stereocenters. The number of aliphatic hydroxyl groups is 8. The minimum atomic E-state index is -1.79. The van der Waals surface area contributed by atoms with E-state index in [-0.39, 0.29) is 18.9 Å². The van der Waals surface area contributed by atoms with E-state index in [9.17, 15) is 45.6 Å². The van der Waals surface area contributed by atoms with Crippen molar-refractivity contribution in [1.82, 2.24) is 5.32 Å². The predicted molar refractivity (Wildman–Crippen MR) is 286 cm³/mol. The van der Waals surface area contributed by atoms with Gasteiger partial charge in [0.15, 0.2) is 12.6 Å². The number of ether oxygens (including phenoxy) is 4. The fourth-order valence-corrected chi connectivity index (χ4v) is 9.11. The zero-order valence-electron chi connectivity index (χ0n) is 44.7. The van der Waals surface area contributed by atoms with Crippen LogP contribution in [0.25, 0.3) is 0 Å². The lowest BCUT2D eigenvalue weighted by atomic mass is 9.97. The molecule has 0 aromatic heterocycles. The first-order valence-corrected chi connectivity index (χ1v) is 28.5. The van der Waals surface area contributed by atoms with Crippen LogP contribution < -0.4 is 5.32 Å². The fraction of sp³-hybridized carbons (Fsp3) is 0.810. The van der Waals surface area contributed by atoms with Gasteiger partial charge in [0.25, 0.3) is 0 Å². The van der Waals surface area contributed by atoms with Gasteiger partial charge in [0.1, 0.15) is 48.8 Å². The van der Waals surface area contributed by atoms with Crippen molar-refractivity contribution in [3.8, 4) is 0 Å². The second-order valence-electron chi connectivity index (χ2n) is 20.0. The van der Waals surface area contributed by atoms with Crippen LogP contribution in [-0.2, 0) is 23.7 Å². The van der Waals surface area contributed by atoms with Crippen LogP contribution in [0.15, 0.2) is 60.8 Å². The van der Waals surface area contributed by atoms with Gasteiger partial charge >= 0.3 is 0 Å². The van der Waals surface area contributed by atoms with Gasteiger partial charge in [0, 0.05) is 6.42 Å². The van der Waals surface area contributed by atoms with Crippen molar-refractivity contribution < 1.29 is 64.6 Å². The Kier molecular flexibility index (Phi) is 40.1. The van der Waals surface area contributed by atoms with Gasteiger partial charge in [0.2, 0.25) is 5.91 Å². The molecule has 2 rings (SSSR count). The van der Waals surface area contributed by atoms with E-state index in [2.05, 4.69) is 67.8 Å². The molecular formula is C58H103NO13. The minimum Gasteiger partial charge on any atom is -0.394 e. The lowest BCUT2D eigenvalue weighted by Crippen LogP contribution is -2.65. The first-order chi connectivity index (χ1) is 35.1. The van der Waals surface area contributed by atoms with Crippen molar-refractivity contribution in [1.29, 1.82) is 0 Å². The van der Waals surface area contributed by atoms with Crippen molar-refractivity contribution in [2.75, 3.05) is 19.8 Å². The van der Waals surface area contributed by atoms with Crippen molar-refractivity contribution >= 4 is 5.91 Å². The van der Waals surface area contributed by atoms with E-state index in [1.807, 2.05) is 6.08 Å². The summed E-state index contributed by atoms with van der Waals surface area (Å²) < 4.78 is 22.7. The summed E-state index contributed by atoms with van der Waals surface area (Å²) in [5, 5.41) is 87.0. The maximum atomic E-state index is 13.2. The molecule has 9 N–H and O–H groups in total. The Morgan fingerprint density at radius 2 is 0.958 bits per heavy atom. The molecule has 0 saturated carbocycles. The predicted octanol–water partition coefficient (Wildman–Crippen LogP) is 9.00. The number of unbranched alkanes of at least 4 members (excludes halogenated alkanes) is 23. The largest absolute Gasteiger partial charge is 0.394 e. The van der Waals surface area contributed by atoms with Crippen LogP contribution in [0.2, 0.25) is 0 Å². The summed E-state index contributed by atoms with van der Waals surface area (Å²) in [5.41, 5.74) is 0. The van der Waals surface area contributed by atoms with Gasteiger partial charge in [-0.05, 0) is 57.8 Å². The van der Waals surface area contributed by atoms with E-state index in [1.165, 1.54) is 96.3 Å². The number of hydrogen-bond donors (Lipinski definition) is 9. The standard InChI is InChI=1S/C58H103NO13/c1-3-5-7-9-11-13-15-17-19-21-23-25-27-29-31-33-35-37-39-41-47(62)46(59-50(63)42-40-38-36-34-32-30-28-26-24-22-20-18-16-14-12-10-8-6-4-2)45-69-57-55(68)53(66)56(49(44-61)71-57)72-58-54(67)52(65)51(64)48(43-60)70-58/h6,8,12,14,18,20,24,26,39,41,46-49,51-58,60-62,64-68H,3-5,7,9-11,13,15-17,19,21-23,25,27-38,40,42-45H2,1-2H3,(H,59,63)/b8-6-,14-12-,20-18-,26-24-,41-39+. The number of hydrogen-bond acceptors (Lipinski definition) is 13. The first-order valence-electron chi connectivity index (χ1n) is 28.5. The van der Waals surface area contributed by atoms with Gasteiger partial charge in [0.05, 0.1) is 32.0 Å². The molecule has 0 aromatic carbocycles. The van der Waals surface area contributed by atoms with E-state index in [0.29, 0.717) is 6.42 Å². The Balaban J connectivity index is 1.81. The molecule has 14 heteroatoms. The molecule has 0 spiro atoms. The third-order valence-corrected chi connectivity index (χ3v) is 13.7. The molecule has 2 heterocycles. The third kappa shape index (κ3) is 29.7. The summed E-state index contributed by atoms with van der Waals surface area (Å²) in [4.78, 5) is 13.2. The van der Waals surface area contributed by atoms with Gasteiger partial charge in [-0.25, -0.2) is 0 Å². The minimum absolute atomic E-state index is 0.255. The smallest absolute Gasteiger partial charge is 0.220 e. The molecule has 12 unspecified atom stereocenters. The highest BCUT2D eigenvalue weighted by atomic mass is 16.7. The molecule has 0 aliphatic carbocycles.